The number of halogens is 3. The molecule has 1 saturated heterocycles. The van der Waals surface area contributed by atoms with Crippen molar-refractivity contribution in [3.05, 3.63) is 29.8 Å². The normalized spacial score (nSPS) is 21.5. The Labute approximate surface area is 149 Å². The summed E-state index contributed by atoms with van der Waals surface area (Å²) in [5, 5.41) is 9.37. The zero-order valence-electron chi connectivity index (χ0n) is 13.8. The molecule has 10 heteroatoms. The lowest BCUT2D eigenvalue weighted by atomic mass is 10.1. The largest absolute Gasteiger partial charge is 0.480 e. The number of hydrogen-bond acceptors (Lipinski definition) is 4. The highest BCUT2D eigenvalue weighted by molar-refractivity contribution is 7.89. The van der Waals surface area contributed by atoms with Crippen molar-refractivity contribution >= 4 is 16.0 Å². The van der Waals surface area contributed by atoms with Crippen LogP contribution in [-0.2, 0) is 21.0 Å². The van der Waals surface area contributed by atoms with Crippen molar-refractivity contribution in [2.45, 2.75) is 30.0 Å². The van der Waals surface area contributed by atoms with Gasteiger partial charge in [0.1, 0.15) is 6.04 Å². The van der Waals surface area contributed by atoms with Crippen LogP contribution in [-0.4, -0.2) is 60.9 Å². The first-order valence-corrected chi connectivity index (χ1v) is 9.69. The van der Waals surface area contributed by atoms with Crippen LogP contribution in [0.4, 0.5) is 13.2 Å². The Bertz CT molecular complexity index is 785. The number of aliphatic carboxylic acids is 1. The van der Waals surface area contributed by atoms with Crippen LogP contribution in [0.2, 0.25) is 0 Å². The number of carboxylic acids is 1. The van der Waals surface area contributed by atoms with Gasteiger partial charge >= 0.3 is 12.1 Å². The fourth-order valence-electron chi connectivity index (χ4n) is 3.27. The average molecular weight is 392 g/mol. The maximum absolute atomic E-state index is 12.8. The summed E-state index contributed by atoms with van der Waals surface area (Å²) in [6.07, 6.45) is -2.93. The molecule has 0 spiro atoms. The Morgan fingerprint density at radius 2 is 1.77 bits per heavy atom. The SMILES string of the molecule is O=C(O)C(C1CC1)N1CCN(S(=O)(=O)c2cccc(C(F)(F)F)c2)CC1. The second-order valence-electron chi connectivity index (χ2n) is 6.59. The predicted octanol–water partition coefficient (Wildman–Crippen LogP) is 1.87. The summed E-state index contributed by atoms with van der Waals surface area (Å²) in [7, 11) is -4.06. The molecule has 2 fully saturated rings. The van der Waals surface area contributed by atoms with E-state index in [9.17, 15) is 31.5 Å². The number of rotatable bonds is 5. The maximum atomic E-state index is 12.8. The van der Waals surface area contributed by atoms with Gasteiger partial charge in [-0.15, -0.1) is 0 Å². The molecule has 2 aliphatic rings. The molecule has 1 N–H and O–H groups in total. The molecular weight excluding hydrogens is 373 g/mol. The zero-order valence-corrected chi connectivity index (χ0v) is 14.6. The van der Waals surface area contributed by atoms with Gasteiger partial charge in [0.2, 0.25) is 10.0 Å². The van der Waals surface area contributed by atoms with Crippen molar-refractivity contribution in [3.8, 4) is 0 Å². The molecule has 1 unspecified atom stereocenters. The zero-order chi connectivity index (χ0) is 19.1. The Balaban J connectivity index is 1.73. The van der Waals surface area contributed by atoms with Crippen LogP contribution in [0.15, 0.2) is 29.2 Å². The standard InChI is InChI=1S/C16H19F3N2O4S/c17-16(18,19)12-2-1-3-13(10-12)26(24,25)21-8-6-20(7-9-21)14(15(22)23)11-4-5-11/h1-3,10-11,14H,4-9H2,(H,22,23). The fourth-order valence-corrected chi connectivity index (χ4v) is 4.74. The number of piperazine rings is 1. The molecule has 1 aliphatic heterocycles. The number of carbonyl (C=O) groups is 1. The third-order valence-corrected chi connectivity index (χ3v) is 6.68. The average Bonchev–Trinajstić information content (AvgIpc) is 3.39. The summed E-state index contributed by atoms with van der Waals surface area (Å²) in [5.41, 5.74) is -1.02. The Morgan fingerprint density at radius 1 is 1.15 bits per heavy atom. The minimum Gasteiger partial charge on any atom is -0.480 e. The molecule has 0 amide bonds. The molecule has 0 bridgehead atoms. The van der Waals surface area contributed by atoms with E-state index in [1.165, 1.54) is 0 Å². The number of benzene rings is 1. The predicted molar refractivity (Wildman–Crippen MR) is 85.9 cm³/mol. The first-order chi connectivity index (χ1) is 12.1. The lowest BCUT2D eigenvalue weighted by Crippen LogP contribution is -2.54. The number of hydrogen-bond donors (Lipinski definition) is 1. The van der Waals surface area contributed by atoms with Gasteiger partial charge in [-0.05, 0) is 37.0 Å². The summed E-state index contributed by atoms with van der Waals surface area (Å²) in [4.78, 5) is 12.8. The van der Waals surface area contributed by atoms with Crippen LogP contribution < -0.4 is 0 Å². The van der Waals surface area contributed by atoms with Crippen LogP contribution in [0.25, 0.3) is 0 Å². The highest BCUT2D eigenvalue weighted by Crippen LogP contribution is 2.36. The Kier molecular flexibility index (Phi) is 5.02. The van der Waals surface area contributed by atoms with E-state index in [0.29, 0.717) is 6.07 Å². The monoisotopic (exact) mass is 392 g/mol. The van der Waals surface area contributed by atoms with Crippen LogP contribution >= 0.6 is 0 Å². The van der Waals surface area contributed by atoms with Gasteiger partial charge in [0.05, 0.1) is 10.5 Å². The number of alkyl halides is 3. The van der Waals surface area contributed by atoms with Crippen molar-refractivity contribution in [2.24, 2.45) is 5.92 Å². The number of carboxylic acid groups (broad SMARTS) is 1. The molecule has 144 valence electrons. The summed E-state index contributed by atoms with van der Waals surface area (Å²) >= 11 is 0. The molecule has 26 heavy (non-hydrogen) atoms. The molecule has 0 radical (unpaired) electrons. The summed E-state index contributed by atoms with van der Waals surface area (Å²) in [5.74, 6) is -0.819. The Hall–Kier alpha value is -1.65. The quantitative estimate of drug-likeness (QED) is 0.828. The van der Waals surface area contributed by atoms with Gasteiger partial charge in [-0.3, -0.25) is 9.69 Å². The molecule has 1 saturated carbocycles. The minimum atomic E-state index is -4.62. The summed E-state index contributed by atoms with van der Waals surface area (Å²) < 4.78 is 64.9. The van der Waals surface area contributed by atoms with E-state index in [1.807, 2.05) is 0 Å². The van der Waals surface area contributed by atoms with Crippen LogP contribution in [0, 0.1) is 5.92 Å². The van der Waals surface area contributed by atoms with E-state index in [2.05, 4.69) is 0 Å². The summed E-state index contributed by atoms with van der Waals surface area (Å²) in [6, 6.07) is 3.05. The van der Waals surface area contributed by atoms with Crippen molar-refractivity contribution < 1.29 is 31.5 Å². The van der Waals surface area contributed by atoms with Crippen LogP contribution in [0.1, 0.15) is 18.4 Å². The topological polar surface area (TPSA) is 77.9 Å². The van der Waals surface area contributed by atoms with Gasteiger partial charge in [-0.25, -0.2) is 8.42 Å². The van der Waals surface area contributed by atoms with E-state index < -0.39 is 38.7 Å². The second kappa shape index (κ2) is 6.82. The number of sulfonamides is 1. The van der Waals surface area contributed by atoms with Crippen molar-refractivity contribution in [2.75, 3.05) is 26.2 Å². The van der Waals surface area contributed by atoms with Gasteiger partial charge in [0, 0.05) is 26.2 Å². The number of nitrogens with zero attached hydrogens (tertiary/aromatic N) is 2. The first-order valence-electron chi connectivity index (χ1n) is 8.25. The smallest absolute Gasteiger partial charge is 0.416 e. The van der Waals surface area contributed by atoms with E-state index in [0.717, 1.165) is 35.3 Å². The van der Waals surface area contributed by atoms with Gasteiger partial charge < -0.3 is 5.11 Å². The molecule has 3 rings (SSSR count). The highest BCUT2D eigenvalue weighted by atomic mass is 32.2. The first kappa shape index (κ1) is 19.1. The van der Waals surface area contributed by atoms with Gasteiger partial charge in [-0.2, -0.15) is 17.5 Å². The van der Waals surface area contributed by atoms with E-state index >= 15 is 0 Å². The fraction of sp³-hybridized carbons (Fsp3) is 0.562. The molecule has 1 atom stereocenters. The van der Waals surface area contributed by atoms with E-state index in [4.69, 9.17) is 0 Å². The van der Waals surface area contributed by atoms with Gasteiger partial charge in [-0.1, -0.05) is 6.07 Å². The molecule has 1 aliphatic carbocycles. The van der Waals surface area contributed by atoms with Crippen LogP contribution in [0.3, 0.4) is 0 Å². The van der Waals surface area contributed by atoms with E-state index in [-0.39, 0.29) is 32.1 Å². The van der Waals surface area contributed by atoms with Crippen molar-refractivity contribution in [3.63, 3.8) is 0 Å². The maximum Gasteiger partial charge on any atom is 0.416 e. The van der Waals surface area contributed by atoms with Crippen molar-refractivity contribution in [1.82, 2.24) is 9.21 Å². The molecular formula is C16H19F3N2O4S. The molecule has 1 aromatic carbocycles. The van der Waals surface area contributed by atoms with Crippen molar-refractivity contribution in [1.29, 1.82) is 0 Å². The lowest BCUT2D eigenvalue weighted by molar-refractivity contribution is -0.144. The van der Waals surface area contributed by atoms with Gasteiger partial charge in [0.25, 0.3) is 0 Å². The third-order valence-electron chi connectivity index (χ3n) is 4.79. The van der Waals surface area contributed by atoms with Crippen LogP contribution in [0.5, 0.6) is 0 Å². The summed E-state index contributed by atoms with van der Waals surface area (Å²) in [6.45, 7) is 0.585. The van der Waals surface area contributed by atoms with Gasteiger partial charge in [0.15, 0.2) is 0 Å². The molecule has 6 nitrogen and oxygen atoms in total. The minimum absolute atomic E-state index is 0.0507. The highest BCUT2D eigenvalue weighted by Gasteiger charge is 2.42. The second-order valence-corrected chi connectivity index (χ2v) is 8.52. The van der Waals surface area contributed by atoms with E-state index in [1.54, 1.807) is 4.90 Å². The molecule has 1 heterocycles. The Morgan fingerprint density at radius 3 is 2.27 bits per heavy atom. The third kappa shape index (κ3) is 3.86. The lowest BCUT2D eigenvalue weighted by Gasteiger charge is -2.37. The molecule has 0 aromatic heterocycles. The molecule has 1 aromatic rings.